The molecule has 0 spiro atoms. The van der Waals surface area contributed by atoms with E-state index in [0.717, 1.165) is 36.5 Å². The van der Waals surface area contributed by atoms with E-state index in [9.17, 15) is 0 Å². The van der Waals surface area contributed by atoms with Crippen molar-refractivity contribution in [1.82, 2.24) is 15.2 Å². The average Bonchev–Trinajstić information content (AvgIpc) is 2.18. The predicted octanol–water partition coefficient (Wildman–Crippen LogP) is 0.252. The standard InChI is InChI=1S/C9H14N4/c10-6-5-9-11-7-3-1-2-4-8(7)12-13-9/h1-6,10H2. The molecule has 0 saturated carbocycles. The van der Waals surface area contributed by atoms with Gasteiger partial charge in [0.15, 0.2) is 5.82 Å². The van der Waals surface area contributed by atoms with Gasteiger partial charge in [0.05, 0.1) is 11.4 Å². The summed E-state index contributed by atoms with van der Waals surface area (Å²) in [5, 5.41) is 8.21. The molecule has 0 bridgehead atoms. The maximum Gasteiger partial charge on any atom is 0.152 e. The summed E-state index contributed by atoms with van der Waals surface area (Å²) in [6.07, 6.45) is 5.29. The number of aromatic nitrogens is 3. The van der Waals surface area contributed by atoms with E-state index in [1.807, 2.05) is 0 Å². The number of hydrogen-bond acceptors (Lipinski definition) is 4. The van der Waals surface area contributed by atoms with Crippen LogP contribution in [0.1, 0.15) is 30.1 Å². The molecule has 0 aromatic carbocycles. The molecule has 1 aromatic rings. The van der Waals surface area contributed by atoms with Crippen LogP contribution in [0.25, 0.3) is 0 Å². The van der Waals surface area contributed by atoms with Gasteiger partial charge in [-0.2, -0.15) is 5.10 Å². The van der Waals surface area contributed by atoms with Crippen LogP contribution < -0.4 is 5.73 Å². The highest BCUT2D eigenvalue weighted by atomic mass is 15.2. The lowest BCUT2D eigenvalue weighted by molar-refractivity contribution is 0.617. The molecule has 1 heterocycles. The van der Waals surface area contributed by atoms with Crippen molar-refractivity contribution < 1.29 is 0 Å². The third-order valence-corrected chi connectivity index (χ3v) is 2.33. The van der Waals surface area contributed by atoms with Crippen LogP contribution in [0.3, 0.4) is 0 Å². The molecule has 0 fully saturated rings. The topological polar surface area (TPSA) is 64.7 Å². The second-order valence-corrected chi connectivity index (χ2v) is 3.37. The Kier molecular flexibility index (Phi) is 2.49. The van der Waals surface area contributed by atoms with E-state index < -0.39 is 0 Å². The quantitative estimate of drug-likeness (QED) is 0.705. The number of nitrogens with zero attached hydrogens (tertiary/aromatic N) is 3. The Balaban J connectivity index is 2.24. The molecule has 0 saturated heterocycles. The van der Waals surface area contributed by atoms with Gasteiger partial charge in [-0.15, -0.1) is 5.10 Å². The van der Waals surface area contributed by atoms with Crippen LogP contribution in [-0.2, 0) is 19.3 Å². The smallest absolute Gasteiger partial charge is 0.152 e. The number of rotatable bonds is 2. The zero-order chi connectivity index (χ0) is 9.10. The van der Waals surface area contributed by atoms with Crippen molar-refractivity contribution in [2.45, 2.75) is 32.1 Å². The number of hydrogen-bond donors (Lipinski definition) is 1. The van der Waals surface area contributed by atoms with E-state index in [-0.39, 0.29) is 0 Å². The van der Waals surface area contributed by atoms with Crippen LogP contribution in [0.5, 0.6) is 0 Å². The summed E-state index contributed by atoms with van der Waals surface area (Å²) in [4.78, 5) is 4.45. The van der Waals surface area contributed by atoms with E-state index in [2.05, 4.69) is 15.2 Å². The van der Waals surface area contributed by atoms with E-state index in [1.54, 1.807) is 0 Å². The third-order valence-electron chi connectivity index (χ3n) is 2.33. The largest absolute Gasteiger partial charge is 0.330 e. The molecule has 70 valence electrons. The van der Waals surface area contributed by atoms with E-state index in [4.69, 9.17) is 5.73 Å². The highest BCUT2D eigenvalue weighted by Gasteiger charge is 2.12. The zero-order valence-electron chi connectivity index (χ0n) is 7.66. The first kappa shape index (κ1) is 8.56. The zero-order valence-corrected chi connectivity index (χ0v) is 7.66. The first-order valence-electron chi connectivity index (χ1n) is 4.81. The Morgan fingerprint density at radius 3 is 2.62 bits per heavy atom. The molecule has 1 aliphatic rings. The lowest BCUT2D eigenvalue weighted by atomic mass is 10.0. The molecule has 4 nitrogen and oxygen atoms in total. The van der Waals surface area contributed by atoms with Gasteiger partial charge in [0, 0.05) is 6.42 Å². The third kappa shape index (κ3) is 1.83. The molecule has 1 aromatic heterocycles. The fourth-order valence-electron chi connectivity index (χ4n) is 1.63. The Labute approximate surface area is 77.6 Å². The number of nitrogens with two attached hydrogens (primary N) is 1. The maximum atomic E-state index is 5.43. The first-order chi connectivity index (χ1) is 6.40. The highest BCUT2D eigenvalue weighted by Crippen LogP contribution is 2.16. The molecular weight excluding hydrogens is 164 g/mol. The van der Waals surface area contributed by atoms with Gasteiger partial charge in [0.2, 0.25) is 0 Å². The minimum absolute atomic E-state index is 0.598. The van der Waals surface area contributed by atoms with Crippen molar-refractivity contribution in [3.63, 3.8) is 0 Å². The summed E-state index contributed by atoms with van der Waals surface area (Å²) >= 11 is 0. The lowest BCUT2D eigenvalue weighted by Gasteiger charge is -2.12. The SMILES string of the molecule is NCCc1nnc2c(n1)CCCC2. The predicted molar refractivity (Wildman–Crippen MR) is 49.2 cm³/mol. The monoisotopic (exact) mass is 178 g/mol. The Bertz CT molecular complexity index is 298. The molecule has 0 unspecified atom stereocenters. The van der Waals surface area contributed by atoms with Crippen LogP contribution in [-0.4, -0.2) is 21.7 Å². The van der Waals surface area contributed by atoms with Crippen molar-refractivity contribution in [3.8, 4) is 0 Å². The lowest BCUT2D eigenvalue weighted by Crippen LogP contribution is -2.14. The minimum atomic E-state index is 0.598. The summed E-state index contributed by atoms with van der Waals surface area (Å²) in [5.74, 6) is 0.795. The normalized spacial score (nSPS) is 15.5. The molecule has 13 heavy (non-hydrogen) atoms. The van der Waals surface area contributed by atoms with Gasteiger partial charge >= 0.3 is 0 Å². The Morgan fingerprint density at radius 2 is 1.85 bits per heavy atom. The van der Waals surface area contributed by atoms with E-state index in [1.165, 1.54) is 12.8 Å². The molecule has 2 rings (SSSR count). The summed E-state index contributed by atoms with van der Waals surface area (Å²) in [6, 6.07) is 0. The molecule has 0 atom stereocenters. The molecule has 0 radical (unpaired) electrons. The maximum absolute atomic E-state index is 5.43. The number of aryl methyl sites for hydroxylation is 2. The fourth-order valence-corrected chi connectivity index (χ4v) is 1.63. The molecule has 2 N–H and O–H groups in total. The fraction of sp³-hybridized carbons (Fsp3) is 0.667. The minimum Gasteiger partial charge on any atom is -0.330 e. The van der Waals surface area contributed by atoms with Gasteiger partial charge in [-0.3, -0.25) is 0 Å². The van der Waals surface area contributed by atoms with Crippen molar-refractivity contribution in [1.29, 1.82) is 0 Å². The molecule has 4 heteroatoms. The van der Waals surface area contributed by atoms with Gasteiger partial charge in [-0.1, -0.05) is 0 Å². The Morgan fingerprint density at radius 1 is 1.08 bits per heavy atom. The molecule has 1 aliphatic carbocycles. The summed E-state index contributed by atoms with van der Waals surface area (Å²) < 4.78 is 0. The van der Waals surface area contributed by atoms with Crippen molar-refractivity contribution in [2.75, 3.05) is 6.54 Å². The molecular formula is C9H14N4. The molecule has 0 aliphatic heterocycles. The first-order valence-corrected chi connectivity index (χ1v) is 4.81. The number of fused-ring (bicyclic) bond motifs is 1. The average molecular weight is 178 g/mol. The van der Waals surface area contributed by atoms with Gasteiger partial charge in [0.25, 0.3) is 0 Å². The van der Waals surface area contributed by atoms with E-state index in [0.29, 0.717) is 6.54 Å². The Hall–Kier alpha value is -1.03. The second-order valence-electron chi connectivity index (χ2n) is 3.37. The van der Waals surface area contributed by atoms with Crippen LogP contribution in [0.4, 0.5) is 0 Å². The van der Waals surface area contributed by atoms with Gasteiger partial charge in [0.1, 0.15) is 0 Å². The van der Waals surface area contributed by atoms with Crippen molar-refractivity contribution in [2.24, 2.45) is 5.73 Å². The van der Waals surface area contributed by atoms with Crippen LogP contribution in [0.15, 0.2) is 0 Å². The summed E-state index contributed by atoms with van der Waals surface area (Å²) in [7, 11) is 0. The van der Waals surface area contributed by atoms with Crippen LogP contribution in [0, 0.1) is 0 Å². The van der Waals surface area contributed by atoms with Crippen LogP contribution >= 0.6 is 0 Å². The summed E-state index contributed by atoms with van der Waals surface area (Å²) in [5.41, 5.74) is 7.66. The molecule has 0 amide bonds. The second kappa shape index (κ2) is 3.79. The van der Waals surface area contributed by atoms with Gasteiger partial charge in [-0.25, -0.2) is 4.98 Å². The highest BCUT2D eigenvalue weighted by molar-refractivity contribution is 5.13. The van der Waals surface area contributed by atoms with Crippen molar-refractivity contribution in [3.05, 3.63) is 17.2 Å². The van der Waals surface area contributed by atoms with Gasteiger partial charge in [-0.05, 0) is 32.2 Å². The van der Waals surface area contributed by atoms with E-state index >= 15 is 0 Å². The summed E-state index contributed by atoms with van der Waals surface area (Å²) in [6.45, 7) is 0.598. The van der Waals surface area contributed by atoms with Crippen molar-refractivity contribution >= 4 is 0 Å². The van der Waals surface area contributed by atoms with Crippen LogP contribution in [0.2, 0.25) is 0 Å². The van der Waals surface area contributed by atoms with Gasteiger partial charge < -0.3 is 5.73 Å².